The van der Waals surface area contributed by atoms with Crippen LogP contribution in [0.25, 0.3) is 28.5 Å². The van der Waals surface area contributed by atoms with Crippen LogP contribution in [0.15, 0.2) is 42.5 Å². The van der Waals surface area contributed by atoms with Gasteiger partial charge < -0.3 is 19.7 Å². The van der Waals surface area contributed by atoms with Crippen molar-refractivity contribution in [1.82, 2.24) is 20.2 Å². The fourth-order valence-corrected chi connectivity index (χ4v) is 6.72. The van der Waals surface area contributed by atoms with Crippen LogP contribution in [0.5, 0.6) is 0 Å². The number of halogens is 1. The number of carbonyl (C=O) groups excluding carboxylic acids is 1. The number of unbranched alkanes of at least 4 members (excludes halogenated alkanes) is 1. The van der Waals surface area contributed by atoms with E-state index in [4.69, 9.17) is 19.4 Å². The maximum Gasteiger partial charge on any atom is 0.320 e. The quantitative estimate of drug-likeness (QED) is 0.202. The zero-order valence-electron chi connectivity index (χ0n) is 29.7. The second-order valence-electron chi connectivity index (χ2n) is 14.0. The number of pyridine rings is 2. The van der Waals surface area contributed by atoms with Crippen molar-refractivity contribution >= 4 is 17.9 Å². The number of nitrogens with one attached hydrogen (secondary N) is 2. The van der Waals surface area contributed by atoms with Gasteiger partial charge in [0.1, 0.15) is 11.6 Å². The zero-order chi connectivity index (χ0) is 34.4. The molecule has 0 radical (unpaired) electrons. The Morgan fingerprint density at radius 3 is 2.56 bits per heavy atom. The van der Waals surface area contributed by atoms with E-state index in [2.05, 4.69) is 48.5 Å². The Morgan fingerprint density at radius 2 is 1.85 bits per heavy atom. The fraction of sp³-hybridized carbons (Fsp3) is 0.513. The van der Waals surface area contributed by atoms with Crippen molar-refractivity contribution in [2.24, 2.45) is 0 Å². The van der Waals surface area contributed by atoms with Gasteiger partial charge in [-0.2, -0.15) is 0 Å². The Kier molecular flexibility index (Phi) is 11.7. The molecular weight excluding hydrogens is 605 g/mol. The summed E-state index contributed by atoms with van der Waals surface area (Å²) in [4.78, 5) is 25.1. The number of aryl methyl sites for hydroxylation is 1. The van der Waals surface area contributed by atoms with Crippen molar-refractivity contribution in [3.8, 4) is 22.4 Å². The summed E-state index contributed by atoms with van der Waals surface area (Å²) >= 11 is 0. The molecule has 3 aromatic rings. The molecule has 3 heterocycles. The molecule has 0 bridgehead atoms. The number of anilines is 1. The third-order valence-corrected chi connectivity index (χ3v) is 8.99. The van der Waals surface area contributed by atoms with Gasteiger partial charge in [-0.15, -0.1) is 0 Å². The average Bonchev–Trinajstić information content (AvgIpc) is 3.21. The van der Waals surface area contributed by atoms with E-state index in [1.165, 1.54) is 12.1 Å². The van der Waals surface area contributed by atoms with Gasteiger partial charge in [-0.05, 0) is 120 Å². The molecular formula is C39H52FN5O3. The first-order chi connectivity index (χ1) is 22.9. The third kappa shape index (κ3) is 8.87. The summed E-state index contributed by atoms with van der Waals surface area (Å²) in [5.41, 5.74) is 7.94. The van der Waals surface area contributed by atoms with E-state index >= 15 is 0 Å². The predicted molar refractivity (Wildman–Crippen MR) is 192 cm³/mol. The summed E-state index contributed by atoms with van der Waals surface area (Å²) in [7, 11) is 4.10. The Hall–Kier alpha value is -3.66. The highest BCUT2D eigenvalue weighted by molar-refractivity contribution is 5.89. The molecule has 1 aliphatic heterocycles. The van der Waals surface area contributed by atoms with E-state index < -0.39 is 5.79 Å². The molecule has 2 N–H and O–H groups in total. The minimum atomic E-state index is -0.669. The van der Waals surface area contributed by atoms with Crippen LogP contribution in [0.1, 0.15) is 95.2 Å². The van der Waals surface area contributed by atoms with Crippen molar-refractivity contribution in [3.63, 3.8) is 0 Å². The van der Waals surface area contributed by atoms with Crippen LogP contribution in [0.4, 0.5) is 15.0 Å². The van der Waals surface area contributed by atoms with Gasteiger partial charge in [0.2, 0.25) is 0 Å². The van der Waals surface area contributed by atoms with Crippen LogP contribution in [-0.2, 0) is 22.3 Å². The van der Waals surface area contributed by atoms with Crippen molar-refractivity contribution in [2.75, 3.05) is 32.5 Å². The highest BCUT2D eigenvalue weighted by Gasteiger charge is 2.34. The van der Waals surface area contributed by atoms with Gasteiger partial charge in [-0.3, -0.25) is 10.3 Å². The molecule has 5 rings (SSSR count). The summed E-state index contributed by atoms with van der Waals surface area (Å²) in [6, 6.07) is 10.4. The molecule has 1 aromatic carbocycles. The molecule has 0 saturated carbocycles. The number of urea groups is 1. The van der Waals surface area contributed by atoms with Gasteiger partial charge in [0, 0.05) is 24.1 Å². The highest BCUT2D eigenvalue weighted by atomic mass is 19.1. The van der Waals surface area contributed by atoms with Gasteiger partial charge >= 0.3 is 6.03 Å². The molecule has 258 valence electrons. The normalized spacial score (nSPS) is 18.9. The largest absolute Gasteiger partial charge is 0.347 e. The maximum absolute atomic E-state index is 14.2. The monoisotopic (exact) mass is 657 g/mol. The Bertz CT molecular complexity index is 1600. The number of ether oxygens (including phenoxy) is 2. The summed E-state index contributed by atoms with van der Waals surface area (Å²) < 4.78 is 26.6. The van der Waals surface area contributed by atoms with E-state index in [9.17, 15) is 9.18 Å². The van der Waals surface area contributed by atoms with Crippen molar-refractivity contribution in [1.29, 1.82) is 0 Å². The topological polar surface area (TPSA) is 88.6 Å². The van der Waals surface area contributed by atoms with Crippen molar-refractivity contribution in [3.05, 3.63) is 70.8 Å². The number of fused-ring (bicyclic) bond motifs is 3. The SMILES string of the molecule is CC[C@H]1C[C@@H](/C=C/c2c(C(C)C)nc3c(c2-c2ccc(F)cc2)CCCc2nc(NC(=O)NCCCCN(C)C)ccc2-3)OC(C)(C)O1. The van der Waals surface area contributed by atoms with Crippen molar-refractivity contribution in [2.45, 2.75) is 103 Å². The number of carbonyl (C=O) groups is 1. The maximum atomic E-state index is 14.2. The van der Waals surface area contributed by atoms with Gasteiger partial charge in [-0.1, -0.05) is 45.1 Å². The van der Waals surface area contributed by atoms with Crippen LogP contribution in [-0.4, -0.2) is 66.1 Å². The molecule has 2 atom stereocenters. The minimum absolute atomic E-state index is 0.107. The van der Waals surface area contributed by atoms with E-state index in [0.717, 1.165) is 96.4 Å². The standard InChI is InChI=1S/C39H52FN5O3/c1-8-28-24-29(48-39(4,5)47-28)18-19-32-35(26-14-16-27(40)17-15-26)31-12-11-13-33-30(37(31)44-36(32)25(2)3)20-21-34(42-33)43-38(46)41-22-9-10-23-45(6)7/h14-21,25,28-29H,8-13,22-24H2,1-7H3,(H2,41,42,43,46)/b19-18+/t28-,29+/m0/s1. The number of aromatic nitrogens is 2. The molecule has 1 fully saturated rings. The fourth-order valence-electron chi connectivity index (χ4n) is 6.72. The molecule has 8 nitrogen and oxygen atoms in total. The molecule has 0 unspecified atom stereocenters. The lowest BCUT2D eigenvalue weighted by atomic mass is 9.86. The van der Waals surface area contributed by atoms with E-state index in [-0.39, 0.29) is 30.0 Å². The van der Waals surface area contributed by atoms with E-state index in [0.29, 0.717) is 12.4 Å². The summed E-state index contributed by atoms with van der Waals surface area (Å²) in [5, 5.41) is 5.87. The first kappa shape index (κ1) is 35.6. The van der Waals surface area contributed by atoms with Crippen LogP contribution in [0.3, 0.4) is 0 Å². The van der Waals surface area contributed by atoms with Gasteiger partial charge in [0.15, 0.2) is 5.79 Å². The highest BCUT2D eigenvalue weighted by Crippen LogP contribution is 2.42. The molecule has 1 saturated heterocycles. The first-order valence-corrected chi connectivity index (χ1v) is 17.5. The van der Waals surface area contributed by atoms with E-state index in [1.54, 1.807) is 0 Å². The number of nitrogens with zero attached hydrogens (tertiary/aromatic N) is 3. The van der Waals surface area contributed by atoms with Gasteiger partial charge in [0.25, 0.3) is 0 Å². The first-order valence-electron chi connectivity index (χ1n) is 17.5. The number of benzene rings is 1. The minimum Gasteiger partial charge on any atom is -0.347 e. The Labute approximate surface area is 285 Å². The lowest BCUT2D eigenvalue weighted by molar-refractivity contribution is -0.290. The van der Waals surface area contributed by atoms with Gasteiger partial charge in [0.05, 0.1) is 29.3 Å². The second-order valence-corrected chi connectivity index (χ2v) is 14.0. The zero-order valence-corrected chi connectivity index (χ0v) is 29.7. The summed E-state index contributed by atoms with van der Waals surface area (Å²) in [6.45, 7) is 12.0. The third-order valence-electron chi connectivity index (χ3n) is 8.99. The molecule has 0 spiro atoms. The average molecular weight is 658 g/mol. The van der Waals surface area contributed by atoms with Crippen molar-refractivity contribution < 1.29 is 18.7 Å². The van der Waals surface area contributed by atoms with Gasteiger partial charge in [-0.25, -0.2) is 14.2 Å². The smallest absolute Gasteiger partial charge is 0.320 e. The number of hydrogen-bond donors (Lipinski definition) is 2. The molecule has 2 aliphatic rings. The Balaban J connectivity index is 1.52. The van der Waals surface area contributed by atoms with E-state index in [1.807, 2.05) is 52.2 Å². The predicted octanol–water partition coefficient (Wildman–Crippen LogP) is 8.36. The lowest BCUT2D eigenvalue weighted by Crippen LogP contribution is -2.43. The summed E-state index contributed by atoms with van der Waals surface area (Å²) in [6.07, 6.45) is 10.4. The molecule has 48 heavy (non-hydrogen) atoms. The molecule has 9 heteroatoms. The van der Waals surface area contributed by atoms with Crippen LogP contribution < -0.4 is 10.6 Å². The second kappa shape index (κ2) is 15.7. The molecule has 2 amide bonds. The molecule has 1 aliphatic carbocycles. The number of amides is 2. The number of hydrogen-bond acceptors (Lipinski definition) is 6. The van der Waals surface area contributed by atoms with Crippen LogP contribution in [0, 0.1) is 5.82 Å². The van der Waals surface area contributed by atoms with Crippen LogP contribution >= 0.6 is 0 Å². The Morgan fingerprint density at radius 1 is 1.08 bits per heavy atom. The number of rotatable bonds is 11. The van der Waals surface area contributed by atoms with Crippen LogP contribution in [0.2, 0.25) is 0 Å². The summed E-state index contributed by atoms with van der Waals surface area (Å²) in [5.74, 6) is -0.296. The molecule has 2 aromatic heterocycles. The lowest BCUT2D eigenvalue weighted by Gasteiger charge is -2.39.